The van der Waals surface area contributed by atoms with Gasteiger partial charge < -0.3 is 15.0 Å². The van der Waals surface area contributed by atoms with Gasteiger partial charge in [-0.3, -0.25) is 4.90 Å². The molecule has 0 atom stereocenters. The van der Waals surface area contributed by atoms with Crippen molar-refractivity contribution in [1.29, 1.82) is 0 Å². The van der Waals surface area contributed by atoms with Crippen LogP contribution in [-0.4, -0.2) is 47.9 Å². The monoisotopic (exact) mass is 370 g/mol. The van der Waals surface area contributed by atoms with E-state index in [-0.39, 0.29) is 5.41 Å². The number of ether oxygens (including phenoxy) is 1. The van der Waals surface area contributed by atoms with Crippen molar-refractivity contribution >= 4 is 0 Å². The first-order valence-corrected chi connectivity index (χ1v) is 10.2. The Balaban J connectivity index is 1.40. The van der Waals surface area contributed by atoms with Crippen molar-refractivity contribution < 1.29 is 9.26 Å². The molecular formula is C21H30N4O2. The van der Waals surface area contributed by atoms with E-state index in [2.05, 4.69) is 39.3 Å². The van der Waals surface area contributed by atoms with Gasteiger partial charge in [0, 0.05) is 31.6 Å². The summed E-state index contributed by atoms with van der Waals surface area (Å²) < 4.78 is 11.0. The van der Waals surface area contributed by atoms with E-state index >= 15 is 0 Å². The van der Waals surface area contributed by atoms with Gasteiger partial charge in [0.25, 0.3) is 0 Å². The van der Waals surface area contributed by atoms with Gasteiger partial charge in [0.05, 0.1) is 13.2 Å². The predicted octanol–water partition coefficient (Wildman–Crippen LogP) is 3.02. The molecule has 2 N–H and O–H groups in total. The Kier molecular flexibility index (Phi) is 5.86. The maximum absolute atomic E-state index is 6.10. The molecule has 4 rings (SSSR count). The van der Waals surface area contributed by atoms with Gasteiger partial charge in [-0.15, -0.1) is 0 Å². The molecule has 0 bridgehead atoms. The second kappa shape index (κ2) is 8.50. The molecule has 27 heavy (non-hydrogen) atoms. The van der Waals surface area contributed by atoms with Gasteiger partial charge in [0.1, 0.15) is 0 Å². The molecule has 6 nitrogen and oxygen atoms in total. The Bertz CT molecular complexity index is 716. The van der Waals surface area contributed by atoms with E-state index in [1.165, 1.54) is 24.8 Å². The zero-order chi connectivity index (χ0) is 18.5. The van der Waals surface area contributed by atoms with Crippen molar-refractivity contribution in [3.63, 3.8) is 0 Å². The lowest BCUT2D eigenvalue weighted by atomic mass is 9.72. The molecule has 0 amide bonds. The third-order valence-corrected chi connectivity index (χ3v) is 6.06. The van der Waals surface area contributed by atoms with Crippen LogP contribution in [0.25, 0.3) is 11.4 Å². The standard InChI is InChI=1S/C21H30N4O2/c22-16-21(8-2-1-3-9-21)14-19-23-20(24-27-19)18-6-4-17(5-7-18)15-25-10-12-26-13-11-25/h4-7H,1-3,8-16,22H2. The van der Waals surface area contributed by atoms with Crippen LogP contribution in [0.5, 0.6) is 0 Å². The average molecular weight is 370 g/mol. The minimum atomic E-state index is 0.143. The summed E-state index contributed by atoms with van der Waals surface area (Å²) in [6.45, 7) is 5.31. The predicted molar refractivity (Wildman–Crippen MR) is 104 cm³/mol. The molecule has 0 radical (unpaired) electrons. The Labute approximate surface area is 161 Å². The maximum atomic E-state index is 6.10. The topological polar surface area (TPSA) is 77.4 Å². The summed E-state index contributed by atoms with van der Waals surface area (Å²) in [4.78, 5) is 7.07. The molecule has 2 aromatic rings. The van der Waals surface area contributed by atoms with Crippen molar-refractivity contribution in [2.24, 2.45) is 11.1 Å². The second-order valence-corrected chi connectivity index (χ2v) is 8.04. The molecule has 0 unspecified atom stereocenters. The number of nitrogens with zero attached hydrogens (tertiary/aromatic N) is 3. The van der Waals surface area contributed by atoms with Crippen LogP contribution >= 0.6 is 0 Å². The number of benzene rings is 1. The van der Waals surface area contributed by atoms with Crippen molar-refractivity contribution in [1.82, 2.24) is 15.0 Å². The van der Waals surface area contributed by atoms with E-state index in [0.29, 0.717) is 12.4 Å². The molecule has 2 aliphatic rings. The summed E-state index contributed by atoms with van der Waals surface area (Å²) in [6.07, 6.45) is 6.94. The summed E-state index contributed by atoms with van der Waals surface area (Å²) >= 11 is 0. The van der Waals surface area contributed by atoms with Crippen molar-refractivity contribution in [3.8, 4) is 11.4 Å². The molecule has 1 aliphatic carbocycles. The first-order valence-electron chi connectivity index (χ1n) is 10.2. The van der Waals surface area contributed by atoms with Gasteiger partial charge in [-0.25, -0.2) is 0 Å². The fourth-order valence-corrected chi connectivity index (χ4v) is 4.30. The van der Waals surface area contributed by atoms with E-state index in [1.54, 1.807) is 0 Å². The number of hydrogen-bond donors (Lipinski definition) is 1. The smallest absolute Gasteiger partial charge is 0.227 e. The lowest BCUT2D eigenvalue weighted by Crippen LogP contribution is -2.35. The van der Waals surface area contributed by atoms with Gasteiger partial charge in [-0.1, -0.05) is 48.7 Å². The quantitative estimate of drug-likeness (QED) is 0.842. The summed E-state index contributed by atoms with van der Waals surface area (Å²) in [5, 5.41) is 4.21. The number of morpholine rings is 1. The van der Waals surface area contributed by atoms with Crippen molar-refractivity contribution in [2.75, 3.05) is 32.8 Å². The molecule has 1 aromatic carbocycles. The zero-order valence-electron chi connectivity index (χ0n) is 16.0. The minimum Gasteiger partial charge on any atom is -0.379 e. The van der Waals surface area contributed by atoms with E-state index in [0.717, 1.165) is 63.6 Å². The molecule has 6 heteroatoms. The van der Waals surface area contributed by atoms with Crippen molar-refractivity contribution in [3.05, 3.63) is 35.7 Å². The van der Waals surface area contributed by atoms with E-state index < -0.39 is 0 Å². The first kappa shape index (κ1) is 18.6. The van der Waals surface area contributed by atoms with Crippen LogP contribution in [0.15, 0.2) is 28.8 Å². The highest BCUT2D eigenvalue weighted by Gasteiger charge is 2.33. The van der Waals surface area contributed by atoms with Crippen LogP contribution in [0.2, 0.25) is 0 Å². The van der Waals surface area contributed by atoms with Gasteiger partial charge in [-0.05, 0) is 30.4 Å². The molecule has 1 aromatic heterocycles. The Morgan fingerprint density at radius 2 is 1.78 bits per heavy atom. The Morgan fingerprint density at radius 3 is 2.48 bits per heavy atom. The van der Waals surface area contributed by atoms with Crippen LogP contribution in [-0.2, 0) is 17.7 Å². The molecule has 2 fully saturated rings. The first-order chi connectivity index (χ1) is 13.3. The largest absolute Gasteiger partial charge is 0.379 e. The number of nitrogens with two attached hydrogens (primary N) is 1. The number of aromatic nitrogens is 2. The number of hydrogen-bond acceptors (Lipinski definition) is 6. The molecule has 0 spiro atoms. The number of rotatable bonds is 6. The SMILES string of the molecule is NCC1(Cc2nc(-c3ccc(CN4CCOCC4)cc3)no2)CCCCC1. The molecule has 1 saturated carbocycles. The Morgan fingerprint density at radius 1 is 1.04 bits per heavy atom. The molecule has 1 aliphatic heterocycles. The minimum absolute atomic E-state index is 0.143. The molecule has 2 heterocycles. The van der Waals surface area contributed by atoms with Gasteiger partial charge in [-0.2, -0.15) is 4.98 Å². The van der Waals surface area contributed by atoms with Crippen LogP contribution in [0, 0.1) is 5.41 Å². The van der Waals surface area contributed by atoms with E-state index in [4.69, 9.17) is 15.0 Å². The van der Waals surface area contributed by atoms with E-state index in [1.807, 2.05) is 0 Å². The highest BCUT2D eigenvalue weighted by atomic mass is 16.5. The third kappa shape index (κ3) is 4.57. The van der Waals surface area contributed by atoms with Gasteiger partial charge in [0.2, 0.25) is 11.7 Å². The maximum Gasteiger partial charge on any atom is 0.227 e. The molecule has 146 valence electrons. The fraction of sp³-hybridized carbons (Fsp3) is 0.619. The Hall–Kier alpha value is -1.76. The lowest BCUT2D eigenvalue weighted by molar-refractivity contribution is 0.0342. The highest BCUT2D eigenvalue weighted by Crippen LogP contribution is 2.38. The third-order valence-electron chi connectivity index (χ3n) is 6.06. The van der Waals surface area contributed by atoms with Crippen LogP contribution in [0.3, 0.4) is 0 Å². The van der Waals surface area contributed by atoms with Crippen molar-refractivity contribution in [2.45, 2.75) is 45.1 Å². The van der Waals surface area contributed by atoms with Crippen LogP contribution < -0.4 is 5.73 Å². The van der Waals surface area contributed by atoms with E-state index in [9.17, 15) is 0 Å². The summed E-state index contributed by atoms with van der Waals surface area (Å²) in [6, 6.07) is 8.49. The lowest BCUT2D eigenvalue weighted by Gasteiger charge is -2.34. The molecular weight excluding hydrogens is 340 g/mol. The average Bonchev–Trinajstić information content (AvgIpc) is 3.18. The fourth-order valence-electron chi connectivity index (χ4n) is 4.30. The second-order valence-electron chi connectivity index (χ2n) is 8.04. The summed E-state index contributed by atoms with van der Waals surface area (Å²) in [5.41, 5.74) is 8.54. The van der Waals surface area contributed by atoms with Crippen LogP contribution in [0.4, 0.5) is 0 Å². The van der Waals surface area contributed by atoms with Gasteiger partial charge in [0.15, 0.2) is 0 Å². The zero-order valence-corrected chi connectivity index (χ0v) is 16.0. The summed E-state index contributed by atoms with van der Waals surface area (Å²) in [5.74, 6) is 1.39. The highest BCUT2D eigenvalue weighted by molar-refractivity contribution is 5.54. The summed E-state index contributed by atoms with van der Waals surface area (Å²) in [7, 11) is 0. The normalized spacial score (nSPS) is 20.6. The van der Waals surface area contributed by atoms with Gasteiger partial charge >= 0.3 is 0 Å². The van der Waals surface area contributed by atoms with Crippen LogP contribution in [0.1, 0.15) is 43.6 Å². The molecule has 1 saturated heterocycles.